The van der Waals surface area contributed by atoms with Gasteiger partial charge in [-0.3, -0.25) is 0 Å². The first-order valence-corrected chi connectivity index (χ1v) is 8.29. The van der Waals surface area contributed by atoms with Gasteiger partial charge in [0, 0.05) is 31.1 Å². The van der Waals surface area contributed by atoms with Crippen molar-refractivity contribution in [3.8, 4) is 0 Å². The van der Waals surface area contributed by atoms with Crippen molar-refractivity contribution in [2.45, 2.75) is 18.9 Å². The van der Waals surface area contributed by atoms with Crippen LogP contribution >= 0.6 is 0 Å². The van der Waals surface area contributed by atoms with E-state index in [0.29, 0.717) is 19.4 Å². The first-order valence-electron chi connectivity index (χ1n) is 8.29. The number of hydrogen-bond acceptors (Lipinski definition) is 4. The first-order chi connectivity index (χ1) is 12.4. The minimum Gasteiger partial charge on any atom is -0.465 e. The topological polar surface area (TPSA) is 88.1 Å². The molecule has 0 radical (unpaired) electrons. The lowest BCUT2D eigenvalue weighted by Gasteiger charge is -2.35. The van der Waals surface area contributed by atoms with Crippen LogP contribution in [0.15, 0.2) is 18.2 Å². The molecule has 1 heterocycles. The normalized spacial score (nSPS) is 18.3. The van der Waals surface area contributed by atoms with E-state index in [1.807, 2.05) is 0 Å². The molecule has 2 rings (SSSR count). The van der Waals surface area contributed by atoms with E-state index in [9.17, 15) is 23.5 Å². The Kier molecular flexibility index (Phi) is 7.14. The lowest BCUT2D eigenvalue weighted by atomic mass is 9.88. The number of hydrogen-bond donors (Lipinski definition) is 2. The second kappa shape index (κ2) is 9.33. The number of carboxylic acid groups (broad SMARTS) is 1. The predicted octanol–water partition coefficient (Wildman–Crippen LogP) is 2.77. The molecule has 1 aromatic rings. The van der Waals surface area contributed by atoms with E-state index < -0.39 is 29.9 Å². The monoisotopic (exact) mass is 372 g/mol. The van der Waals surface area contributed by atoms with Crippen molar-refractivity contribution in [1.82, 2.24) is 10.2 Å². The summed E-state index contributed by atoms with van der Waals surface area (Å²) in [5.74, 6) is -2.32. The Morgan fingerprint density at radius 3 is 2.88 bits per heavy atom. The summed E-state index contributed by atoms with van der Waals surface area (Å²) in [6.45, 7) is 0.725. The Hall–Kier alpha value is -2.42. The Morgan fingerprint density at radius 1 is 1.42 bits per heavy atom. The van der Waals surface area contributed by atoms with Gasteiger partial charge in [-0.25, -0.2) is 18.4 Å². The second-order valence-corrected chi connectivity index (χ2v) is 5.98. The zero-order valence-corrected chi connectivity index (χ0v) is 14.4. The fourth-order valence-electron chi connectivity index (χ4n) is 3.06. The average Bonchev–Trinajstić information content (AvgIpc) is 2.64. The number of likely N-dealkylation sites (tertiary alicyclic amines) is 1. The number of piperidine rings is 1. The van der Waals surface area contributed by atoms with Crippen LogP contribution in [0.3, 0.4) is 0 Å². The molecule has 0 aromatic heterocycles. The lowest BCUT2D eigenvalue weighted by Crippen LogP contribution is -2.41. The van der Waals surface area contributed by atoms with Crippen molar-refractivity contribution in [3.63, 3.8) is 0 Å². The molecule has 0 aliphatic carbocycles. The number of rotatable bonds is 6. The van der Waals surface area contributed by atoms with Crippen LogP contribution < -0.4 is 5.32 Å². The standard InChI is InChI=1S/C17H22F2N2O5/c1-25-16(22)20-7-9-26-15(12-5-2-6-13(18)14(12)19)11-4-3-8-21(10-11)17(23)24/h2,5-6,11,15H,3-4,7-10H2,1H3,(H,20,22)(H,23,24). The van der Waals surface area contributed by atoms with Gasteiger partial charge in [-0.05, 0) is 18.9 Å². The maximum Gasteiger partial charge on any atom is 0.407 e. The molecule has 0 spiro atoms. The molecule has 2 atom stereocenters. The summed E-state index contributed by atoms with van der Waals surface area (Å²) >= 11 is 0. The van der Waals surface area contributed by atoms with Gasteiger partial charge >= 0.3 is 12.2 Å². The quantitative estimate of drug-likeness (QED) is 0.750. The van der Waals surface area contributed by atoms with E-state index in [1.165, 1.54) is 24.1 Å². The number of nitrogens with one attached hydrogen (secondary N) is 1. The fourth-order valence-corrected chi connectivity index (χ4v) is 3.06. The van der Waals surface area contributed by atoms with Gasteiger partial charge in [0.15, 0.2) is 11.6 Å². The van der Waals surface area contributed by atoms with Crippen LogP contribution in [0.5, 0.6) is 0 Å². The Balaban J connectivity index is 2.14. The van der Waals surface area contributed by atoms with Gasteiger partial charge in [-0.15, -0.1) is 0 Å². The molecule has 2 amide bonds. The van der Waals surface area contributed by atoms with Crippen molar-refractivity contribution in [2.24, 2.45) is 5.92 Å². The van der Waals surface area contributed by atoms with E-state index >= 15 is 0 Å². The number of ether oxygens (including phenoxy) is 2. The highest BCUT2D eigenvalue weighted by Gasteiger charge is 2.33. The van der Waals surface area contributed by atoms with Crippen LogP contribution in [0, 0.1) is 17.6 Å². The highest BCUT2D eigenvalue weighted by molar-refractivity contribution is 5.66. The van der Waals surface area contributed by atoms with Crippen molar-refractivity contribution in [1.29, 1.82) is 0 Å². The number of nitrogens with zero attached hydrogens (tertiary/aromatic N) is 1. The van der Waals surface area contributed by atoms with Gasteiger partial charge in [-0.1, -0.05) is 12.1 Å². The summed E-state index contributed by atoms with van der Waals surface area (Å²) in [6.07, 6.45) is -1.28. The van der Waals surface area contributed by atoms with Crippen molar-refractivity contribution in [3.05, 3.63) is 35.4 Å². The number of benzene rings is 1. The largest absolute Gasteiger partial charge is 0.465 e. The third kappa shape index (κ3) is 5.04. The predicted molar refractivity (Wildman–Crippen MR) is 87.8 cm³/mol. The molecule has 26 heavy (non-hydrogen) atoms. The van der Waals surface area contributed by atoms with Crippen molar-refractivity contribution < 1.29 is 33.0 Å². The van der Waals surface area contributed by atoms with Gasteiger partial charge in [0.2, 0.25) is 0 Å². The lowest BCUT2D eigenvalue weighted by molar-refractivity contribution is -0.0138. The smallest absolute Gasteiger partial charge is 0.407 e. The van der Waals surface area contributed by atoms with Crippen LogP contribution in [0.25, 0.3) is 0 Å². The Labute approximate surface area is 149 Å². The van der Waals surface area contributed by atoms with Crippen LogP contribution in [-0.2, 0) is 9.47 Å². The zero-order chi connectivity index (χ0) is 19.1. The first kappa shape index (κ1) is 19.9. The third-order valence-electron chi connectivity index (χ3n) is 4.30. The molecule has 1 saturated heterocycles. The van der Waals surface area contributed by atoms with Crippen LogP contribution in [0.4, 0.5) is 18.4 Å². The molecule has 7 nitrogen and oxygen atoms in total. The molecule has 2 unspecified atom stereocenters. The van der Waals surface area contributed by atoms with Crippen LogP contribution in [-0.4, -0.2) is 55.5 Å². The highest BCUT2D eigenvalue weighted by atomic mass is 19.2. The summed E-state index contributed by atoms with van der Waals surface area (Å²) in [5, 5.41) is 11.6. The summed E-state index contributed by atoms with van der Waals surface area (Å²) in [7, 11) is 1.23. The van der Waals surface area contributed by atoms with Crippen LogP contribution in [0.1, 0.15) is 24.5 Å². The molecule has 1 aliphatic heterocycles. The third-order valence-corrected chi connectivity index (χ3v) is 4.30. The molecule has 9 heteroatoms. The van der Waals surface area contributed by atoms with Gasteiger partial charge < -0.3 is 24.8 Å². The highest BCUT2D eigenvalue weighted by Crippen LogP contribution is 2.34. The van der Waals surface area contributed by atoms with Gasteiger partial charge in [0.05, 0.1) is 19.8 Å². The van der Waals surface area contributed by atoms with E-state index in [4.69, 9.17) is 4.74 Å². The SMILES string of the molecule is COC(=O)NCCOC(c1cccc(F)c1F)C1CCCN(C(=O)O)C1. The molecule has 1 aromatic carbocycles. The molecule has 0 bridgehead atoms. The summed E-state index contributed by atoms with van der Waals surface area (Å²) in [6, 6.07) is 3.82. The maximum atomic E-state index is 14.3. The molecule has 1 fully saturated rings. The van der Waals surface area contributed by atoms with Gasteiger partial charge in [0.1, 0.15) is 0 Å². The summed E-state index contributed by atoms with van der Waals surface area (Å²) in [4.78, 5) is 23.6. The van der Waals surface area contributed by atoms with Crippen LogP contribution in [0.2, 0.25) is 0 Å². The number of alkyl carbamates (subject to hydrolysis) is 1. The number of methoxy groups -OCH3 is 1. The maximum absolute atomic E-state index is 14.3. The molecular formula is C17H22F2N2O5. The number of amides is 2. The number of carbonyl (C=O) groups excluding carboxylic acids is 1. The molecule has 0 saturated carbocycles. The minimum atomic E-state index is -1.06. The minimum absolute atomic E-state index is 0.0410. The zero-order valence-electron chi connectivity index (χ0n) is 14.4. The van der Waals surface area contributed by atoms with E-state index in [-0.39, 0.29) is 31.2 Å². The van der Waals surface area contributed by atoms with Gasteiger partial charge in [0.25, 0.3) is 0 Å². The van der Waals surface area contributed by atoms with Crippen molar-refractivity contribution >= 4 is 12.2 Å². The molecule has 1 aliphatic rings. The Bertz CT molecular complexity index is 644. The van der Waals surface area contributed by atoms with E-state index in [2.05, 4.69) is 10.1 Å². The molecule has 2 N–H and O–H groups in total. The average molecular weight is 372 g/mol. The molecule has 144 valence electrons. The van der Waals surface area contributed by atoms with Gasteiger partial charge in [-0.2, -0.15) is 0 Å². The fraction of sp³-hybridized carbons (Fsp3) is 0.529. The van der Waals surface area contributed by atoms with E-state index in [1.54, 1.807) is 0 Å². The summed E-state index contributed by atoms with van der Waals surface area (Å²) < 4.78 is 38.1. The summed E-state index contributed by atoms with van der Waals surface area (Å²) in [5.41, 5.74) is 0.0420. The van der Waals surface area contributed by atoms with Crippen molar-refractivity contribution in [2.75, 3.05) is 33.4 Å². The second-order valence-electron chi connectivity index (χ2n) is 5.98. The number of halogens is 2. The molecular weight excluding hydrogens is 350 g/mol. The Morgan fingerprint density at radius 2 is 2.19 bits per heavy atom. The van der Waals surface area contributed by atoms with E-state index in [0.717, 1.165) is 6.07 Å². The number of carbonyl (C=O) groups is 2.